The van der Waals surface area contributed by atoms with Gasteiger partial charge in [-0.1, -0.05) is 32.3 Å². The predicted molar refractivity (Wildman–Crippen MR) is 55.5 cm³/mol. The fourth-order valence-electron chi connectivity index (χ4n) is 1.41. The molecule has 78 valence electrons. The van der Waals surface area contributed by atoms with Crippen molar-refractivity contribution in [2.45, 2.75) is 45.1 Å². The zero-order valence-corrected chi connectivity index (χ0v) is 8.58. The molecule has 0 unspecified atom stereocenters. The van der Waals surface area contributed by atoms with E-state index in [1.165, 1.54) is 0 Å². The molecule has 0 radical (unpaired) electrons. The highest BCUT2D eigenvalue weighted by Gasteiger charge is 2.15. The lowest BCUT2D eigenvalue weighted by molar-refractivity contribution is 0.0605. The Balaban J connectivity index is 3.63. The van der Waals surface area contributed by atoms with E-state index in [2.05, 4.69) is 13.5 Å². The molecule has 13 heavy (non-hydrogen) atoms. The van der Waals surface area contributed by atoms with E-state index in [9.17, 15) is 5.11 Å². The van der Waals surface area contributed by atoms with Crippen LogP contribution in [0.1, 0.15) is 39.0 Å². The highest BCUT2D eigenvalue weighted by Crippen LogP contribution is 2.15. The molecule has 0 aromatic carbocycles. The quantitative estimate of drug-likeness (QED) is 0.450. The van der Waals surface area contributed by atoms with Crippen LogP contribution in [-0.2, 0) is 0 Å². The zero-order chi connectivity index (χ0) is 10.1. The van der Waals surface area contributed by atoms with Gasteiger partial charge in [0.05, 0.1) is 6.10 Å². The van der Waals surface area contributed by atoms with Crippen molar-refractivity contribution in [2.75, 3.05) is 6.61 Å². The van der Waals surface area contributed by atoms with E-state index in [1.54, 1.807) is 6.08 Å². The van der Waals surface area contributed by atoms with E-state index < -0.39 is 0 Å². The maximum Gasteiger partial charge on any atom is 0.0593 e. The molecule has 0 rings (SSSR count). The second kappa shape index (κ2) is 8.27. The normalized spacial score (nSPS) is 15.3. The molecule has 0 amide bonds. The molecule has 0 fully saturated rings. The number of hydrogen-bond donors (Lipinski definition) is 2. The van der Waals surface area contributed by atoms with Crippen molar-refractivity contribution in [2.24, 2.45) is 5.92 Å². The third kappa shape index (κ3) is 5.83. The first kappa shape index (κ1) is 12.7. The van der Waals surface area contributed by atoms with Crippen LogP contribution >= 0.6 is 0 Å². The summed E-state index contributed by atoms with van der Waals surface area (Å²) in [5, 5.41) is 18.6. The minimum Gasteiger partial charge on any atom is -0.396 e. The molecule has 0 saturated carbocycles. The van der Waals surface area contributed by atoms with Crippen molar-refractivity contribution in [3.8, 4) is 0 Å². The first-order valence-corrected chi connectivity index (χ1v) is 5.16. The summed E-state index contributed by atoms with van der Waals surface area (Å²) >= 11 is 0. The number of aliphatic hydroxyl groups is 2. The van der Waals surface area contributed by atoms with Crippen molar-refractivity contribution in [1.82, 2.24) is 0 Å². The average Bonchev–Trinajstić information content (AvgIpc) is 2.14. The van der Waals surface area contributed by atoms with Gasteiger partial charge >= 0.3 is 0 Å². The van der Waals surface area contributed by atoms with Crippen LogP contribution in [0, 0.1) is 5.92 Å². The van der Waals surface area contributed by atoms with Crippen LogP contribution in [0.25, 0.3) is 0 Å². The van der Waals surface area contributed by atoms with E-state index >= 15 is 0 Å². The summed E-state index contributed by atoms with van der Waals surface area (Å²) in [4.78, 5) is 0. The van der Waals surface area contributed by atoms with Crippen LogP contribution in [0.4, 0.5) is 0 Å². The van der Waals surface area contributed by atoms with Gasteiger partial charge in [0, 0.05) is 12.5 Å². The lowest BCUT2D eigenvalue weighted by Gasteiger charge is -2.19. The summed E-state index contributed by atoms with van der Waals surface area (Å²) in [6.45, 7) is 5.80. The maximum absolute atomic E-state index is 9.66. The Bertz CT molecular complexity index is 123. The molecular formula is C11H22O2. The minimum absolute atomic E-state index is 0.0191. The smallest absolute Gasteiger partial charge is 0.0593 e. The number of allylic oxidation sites excluding steroid dienone is 1. The number of unbranched alkanes of at least 4 members (excludes halogenated alkanes) is 2. The van der Waals surface area contributed by atoms with Gasteiger partial charge in [0.15, 0.2) is 0 Å². The van der Waals surface area contributed by atoms with Crippen molar-refractivity contribution in [1.29, 1.82) is 0 Å². The molecule has 0 aromatic rings. The van der Waals surface area contributed by atoms with E-state index in [1.807, 2.05) is 0 Å². The van der Waals surface area contributed by atoms with Crippen molar-refractivity contribution in [3.05, 3.63) is 12.7 Å². The standard InChI is InChI=1S/C11H22O2/c1-3-5-6-8-11(13)10(9-12)7-4-2/h4,10-13H,2-3,5-9H2,1H3/t10-,11+/m1/s1. The first-order valence-electron chi connectivity index (χ1n) is 5.16. The third-order valence-corrected chi connectivity index (χ3v) is 2.35. The second-order valence-corrected chi connectivity index (χ2v) is 3.53. The average molecular weight is 186 g/mol. The number of rotatable bonds is 8. The van der Waals surface area contributed by atoms with Crippen LogP contribution in [0.2, 0.25) is 0 Å². The Morgan fingerprint density at radius 2 is 2.08 bits per heavy atom. The molecule has 0 aromatic heterocycles. The molecule has 2 nitrogen and oxygen atoms in total. The van der Waals surface area contributed by atoms with Gasteiger partial charge < -0.3 is 10.2 Å². The molecule has 0 saturated heterocycles. The molecule has 0 aliphatic rings. The highest BCUT2D eigenvalue weighted by atomic mass is 16.3. The maximum atomic E-state index is 9.66. The van der Waals surface area contributed by atoms with Gasteiger partial charge in [-0.25, -0.2) is 0 Å². The summed E-state index contributed by atoms with van der Waals surface area (Å²) in [6.07, 6.45) is 6.25. The van der Waals surface area contributed by atoms with E-state index in [0.717, 1.165) is 25.7 Å². The van der Waals surface area contributed by atoms with Gasteiger partial charge in [0.25, 0.3) is 0 Å². The Hall–Kier alpha value is -0.340. The van der Waals surface area contributed by atoms with E-state index in [0.29, 0.717) is 6.42 Å². The summed E-state index contributed by atoms with van der Waals surface area (Å²) < 4.78 is 0. The zero-order valence-electron chi connectivity index (χ0n) is 8.58. The van der Waals surface area contributed by atoms with Crippen LogP contribution in [0.5, 0.6) is 0 Å². The van der Waals surface area contributed by atoms with Gasteiger partial charge in [0.2, 0.25) is 0 Å². The van der Waals surface area contributed by atoms with Crippen molar-refractivity contribution < 1.29 is 10.2 Å². The fraction of sp³-hybridized carbons (Fsp3) is 0.818. The summed E-state index contributed by atoms with van der Waals surface area (Å²) in [6, 6.07) is 0. The molecule has 2 atom stereocenters. The molecule has 0 bridgehead atoms. The first-order chi connectivity index (χ1) is 6.26. The van der Waals surface area contributed by atoms with Gasteiger partial charge in [0.1, 0.15) is 0 Å². The SMILES string of the molecule is C=CC[C@H](CO)[C@@H](O)CCCCC. The Labute approximate surface area is 81.3 Å². The van der Waals surface area contributed by atoms with E-state index in [-0.39, 0.29) is 18.6 Å². The lowest BCUT2D eigenvalue weighted by Crippen LogP contribution is -2.23. The summed E-state index contributed by atoms with van der Waals surface area (Å²) in [5.41, 5.74) is 0. The molecule has 0 aliphatic carbocycles. The number of hydrogen-bond acceptors (Lipinski definition) is 2. The summed E-state index contributed by atoms with van der Waals surface area (Å²) in [5.74, 6) is -0.0191. The highest BCUT2D eigenvalue weighted by molar-refractivity contribution is 4.77. The molecule has 2 N–H and O–H groups in total. The molecule has 2 heteroatoms. The lowest BCUT2D eigenvalue weighted by atomic mass is 9.95. The van der Waals surface area contributed by atoms with Crippen LogP contribution in [-0.4, -0.2) is 22.9 Å². The third-order valence-electron chi connectivity index (χ3n) is 2.35. The van der Waals surface area contributed by atoms with Crippen LogP contribution in [0.15, 0.2) is 12.7 Å². The Kier molecular flexibility index (Phi) is 8.05. The van der Waals surface area contributed by atoms with Crippen molar-refractivity contribution >= 4 is 0 Å². The van der Waals surface area contributed by atoms with Gasteiger partial charge in [-0.05, 0) is 12.8 Å². The van der Waals surface area contributed by atoms with Gasteiger partial charge in [-0.15, -0.1) is 6.58 Å². The van der Waals surface area contributed by atoms with Gasteiger partial charge in [-0.2, -0.15) is 0 Å². The fourth-order valence-corrected chi connectivity index (χ4v) is 1.41. The monoisotopic (exact) mass is 186 g/mol. The minimum atomic E-state index is -0.366. The summed E-state index contributed by atoms with van der Waals surface area (Å²) in [7, 11) is 0. The largest absolute Gasteiger partial charge is 0.396 e. The second-order valence-electron chi connectivity index (χ2n) is 3.53. The molecule has 0 heterocycles. The molecular weight excluding hydrogens is 164 g/mol. The predicted octanol–water partition coefficient (Wildman–Crippen LogP) is 2.11. The van der Waals surface area contributed by atoms with E-state index in [4.69, 9.17) is 5.11 Å². The molecule has 0 aliphatic heterocycles. The molecule has 0 spiro atoms. The van der Waals surface area contributed by atoms with Crippen molar-refractivity contribution in [3.63, 3.8) is 0 Å². The van der Waals surface area contributed by atoms with Gasteiger partial charge in [-0.3, -0.25) is 0 Å². The Morgan fingerprint density at radius 3 is 2.54 bits per heavy atom. The van der Waals surface area contributed by atoms with Crippen LogP contribution < -0.4 is 0 Å². The topological polar surface area (TPSA) is 40.5 Å². The Morgan fingerprint density at radius 1 is 1.38 bits per heavy atom. The number of aliphatic hydroxyl groups excluding tert-OH is 2. The van der Waals surface area contributed by atoms with Crippen LogP contribution in [0.3, 0.4) is 0 Å².